The first kappa shape index (κ1) is 11.8. The molecule has 72 valence electrons. The predicted molar refractivity (Wildman–Crippen MR) is 57.6 cm³/mol. The summed E-state index contributed by atoms with van der Waals surface area (Å²) in [6.45, 7) is 6.74. The van der Waals surface area contributed by atoms with E-state index in [1.165, 1.54) is 5.56 Å². The zero-order chi connectivity index (χ0) is 9.94. The molecule has 13 heavy (non-hydrogen) atoms. The molecule has 1 heteroatoms. The van der Waals surface area contributed by atoms with Crippen LogP contribution in [0.15, 0.2) is 42.7 Å². The fraction of sp³-hybridized carbons (Fsp3) is 0.333. The smallest absolute Gasteiger partial charge is 0.0845 e. The molecular weight excluding hydrogens is 160 g/mol. The first-order chi connectivity index (χ1) is 6.31. The number of hydrogen-bond acceptors (Lipinski definition) is 1. The SMILES string of the molecule is CC=COCC.Cc1ccccc1. The van der Waals surface area contributed by atoms with E-state index in [0.717, 1.165) is 6.61 Å². The lowest BCUT2D eigenvalue weighted by Crippen LogP contribution is -1.73. The number of allylic oxidation sites excluding steroid dienone is 1. The zero-order valence-corrected chi connectivity index (χ0v) is 8.66. The van der Waals surface area contributed by atoms with Crippen molar-refractivity contribution in [1.82, 2.24) is 0 Å². The van der Waals surface area contributed by atoms with Gasteiger partial charge in [-0.3, -0.25) is 0 Å². The summed E-state index contributed by atoms with van der Waals surface area (Å²) in [5.74, 6) is 0. The summed E-state index contributed by atoms with van der Waals surface area (Å²) < 4.78 is 4.80. The van der Waals surface area contributed by atoms with Crippen LogP contribution in [0, 0.1) is 6.92 Å². The van der Waals surface area contributed by atoms with Crippen LogP contribution in [0.3, 0.4) is 0 Å². The van der Waals surface area contributed by atoms with Gasteiger partial charge in [0.2, 0.25) is 0 Å². The average Bonchev–Trinajstić information content (AvgIpc) is 2.17. The Balaban J connectivity index is 0.000000226. The van der Waals surface area contributed by atoms with E-state index in [4.69, 9.17) is 4.74 Å². The topological polar surface area (TPSA) is 9.23 Å². The maximum atomic E-state index is 4.80. The van der Waals surface area contributed by atoms with Gasteiger partial charge in [-0.05, 0) is 20.8 Å². The van der Waals surface area contributed by atoms with Crippen LogP contribution in [0.1, 0.15) is 19.4 Å². The first-order valence-electron chi connectivity index (χ1n) is 4.55. The molecule has 0 N–H and O–H groups in total. The highest BCUT2D eigenvalue weighted by Gasteiger charge is 1.72. The molecule has 0 radical (unpaired) electrons. The average molecular weight is 178 g/mol. The van der Waals surface area contributed by atoms with Crippen LogP contribution in [0.5, 0.6) is 0 Å². The number of ether oxygens (including phenoxy) is 1. The summed E-state index contributed by atoms with van der Waals surface area (Å²) in [4.78, 5) is 0. The molecule has 0 aromatic heterocycles. The maximum Gasteiger partial charge on any atom is 0.0845 e. The molecule has 1 aromatic rings. The van der Waals surface area contributed by atoms with Crippen molar-refractivity contribution in [2.45, 2.75) is 20.8 Å². The normalized spacial score (nSPS) is 9.15. The van der Waals surface area contributed by atoms with Gasteiger partial charge in [0.05, 0.1) is 12.9 Å². The van der Waals surface area contributed by atoms with Gasteiger partial charge in [0.25, 0.3) is 0 Å². The van der Waals surface area contributed by atoms with Crippen molar-refractivity contribution in [3.05, 3.63) is 48.2 Å². The highest BCUT2D eigenvalue weighted by molar-refractivity contribution is 5.11. The molecule has 0 heterocycles. The first-order valence-corrected chi connectivity index (χ1v) is 4.55. The summed E-state index contributed by atoms with van der Waals surface area (Å²) in [6, 6.07) is 10.3. The van der Waals surface area contributed by atoms with Gasteiger partial charge in [0, 0.05) is 0 Å². The summed E-state index contributed by atoms with van der Waals surface area (Å²) in [5, 5.41) is 0. The zero-order valence-electron chi connectivity index (χ0n) is 8.66. The highest BCUT2D eigenvalue weighted by Crippen LogP contribution is 1.92. The van der Waals surface area contributed by atoms with Crippen molar-refractivity contribution in [3.63, 3.8) is 0 Å². The Bertz CT molecular complexity index is 214. The second-order valence-corrected chi connectivity index (χ2v) is 2.58. The van der Waals surface area contributed by atoms with Crippen LogP contribution in [0.4, 0.5) is 0 Å². The van der Waals surface area contributed by atoms with Crippen molar-refractivity contribution < 1.29 is 4.74 Å². The Morgan fingerprint density at radius 3 is 2.08 bits per heavy atom. The number of rotatable bonds is 2. The Labute approximate surface area is 81.1 Å². The lowest BCUT2D eigenvalue weighted by atomic mass is 10.2. The van der Waals surface area contributed by atoms with E-state index in [1.807, 2.05) is 38.1 Å². The predicted octanol–water partition coefficient (Wildman–Crippen LogP) is 3.55. The van der Waals surface area contributed by atoms with Crippen molar-refractivity contribution in [2.75, 3.05) is 6.61 Å². The van der Waals surface area contributed by atoms with Crippen LogP contribution < -0.4 is 0 Å². The van der Waals surface area contributed by atoms with Gasteiger partial charge in [-0.15, -0.1) is 0 Å². The number of aryl methyl sites for hydroxylation is 1. The number of benzene rings is 1. The second-order valence-electron chi connectivity index (χ2n) is 2.58. The second kappa shape index (κ2) is 8.85. The van der Waals surface area contributed by atoms with E-state index < -0.39 is 0 Å². The van der Waals surface area contributed by atoms with E-state index in [0.29, 0.717) is 0 Å². The quantitative estimate of drug-likeness (QED) is 0.629. The van der Waals surface area contributed by atoms with Crippen molar-refractivity contribution >= 4 is 0 Å². The van der Waals surface area contributed by atoms with Crippen molar-refractivity contribution in [2.24, 2.45) is 0 Å². The molecule has 1 nitrogen and oxygen atoms in total. The number of hydrogen-bond donors (Lipinski definition) is 0. The molecule has 0 saturated carbocycles. The summed E-state index contributed by atoms with van der Waals surface area (Å²) in [6.07, 6.45) is 3.55. The maximum absolute atomic E-state index is 4.80. The molecule has 0 spiro atoms. The standard InChI is InChI=1S/C7H8.C5H10O/c1-7-5-3-2-4-6-7;1-3-5-6-4-2/h2-6H,1H3;3,5H,4H2,1-2H3. The van der Waals surface area contributed by atoms with Crippen LogP contribution in [-0.2, 0) is 4.74 Å². The monoisotopic (exact) mass is 178 g/mol. The van der Waals surface area contributed by atoms with Crippen LogP contribution >= 0.6 is 0 Å². The van der Waals surface area contributed by atoms with Gasteiger partial charge in [0.15, 0.2) is 0 Å². The van der Waals surface area contributed by atoms with Gasteiger partial charge >= 0.3 is 0 Å². The van der Waals surface area contributed by atoms with Gasteiger partial charge in [-0.1, -0.05) is 42.0 Å². The lowest BCUT2D eigenvalue weighted by molar-refractivity contribution is 0.269. The molecule has 1 aromatic carbocycles. The fourth-order valence-electron chi connectivity index (χ4n) is 0.727. The summed E-state index contributed by atoms with van der Waals surface area (Å²) >= 11 is 0. The Morgan fingerprint density at radius 1 is 1.23 bits per heavy atom. The van der Waals surface area contributed by atoms with Gasteiger partial charge in [-0.25, -0.2) is 0 Å². The molecule has 0 amide bonds. The van der Waals surface area contributed by atoms with Crippen molar-refractivity contribution in [1.29, 1.82) is 0 Å². The summed E-state index contributed by atoms with van der Waals surface area (Å²) in [7, 11) is 0. The lowest BCUT2D eigenvalue weighted by Gasteiger charge is -1.86. The minimum Gasteiger partial charge on any atom is -0.502 e. The van der Waals surface area contributed by atoms with Gasteiger partial charge < -0.3 is 4.74 Å². The van der Waals surface area contributed by atoms with E-state index in [1.54, 1.807) is 6.26 Å². The van der Waals surface area contributed by atoms with E-state index in [2.05, 4.69) is 19.1 Å². The Morgan fingerprint density at radius 2 is 1.85 bits per heavy atom. The highest BCUT2D eigenvalue weighted by atomic mass is 16.5. The molecule has 0 aliphatic heterocycles. The minimum atomic E-state index is 0.768. The third kappa shape index (κ3) is 8.67. The third-order valence-corrected chi connectivity index (χ3v) is 1.34. The van der Waals surface area contributed by atoms with Crippen LogP contribution in [-0.4, -0.2) is 6.61 Å². The molecule has 0 unspecified atom stereocenters. The van der Waals surface area contributed by atoms with Crippen LogP contribution in [0.2, 0.25) is 0 Å². The molecule has 0 atom stereocenters. The minimum absolute atomic E-state index is 0.768. The molecule has 0 aliphatic rings. The molecule has 0 saturated heterocycles. The van der Waals surface area contributed by atoms with E-state index in [9.17, 15) is 0 Å². The Kier molecular flexibility index (Phi) is 8.01. The Hall–Kier alpha value is -1.24. The van der Waals surface area contributed by atoms with Crippen molar-refractivity contribution in [3.8, 4) is 0 Å². The van der Waals surface area contributed by atoms with Gasteiger partial charge in [0.1, 0.15) is 0 Å². The van der Waals surface area contributed by atoms with Gasteiger partial charge in [-0.2, -0.15) is 0 Å². The summed E-state index contributed by atoms with van der Waals surface area (Å²) in [5.41, 5.74) is 1.32. The van der Waals surface area contributed by atoms with E-state index in [-0.39, 0.29) is 0 Å². The third-order valence-electron chi connectivity index (χ3n) is 1.34. The van der Waals surface area contributed by atoms with Crippen LogP contribution in [0.25, 0.3) is 0 Å². The molecule has 0 aliphatic carbocycles. The molecular formula is C12H18O. The molecule has 0 fully saturated rings. The van der Waals surface area contributed by atoms with E-state index >= 15 is 0 Å². The molecule has 1 rings (SSSR count). The molecule has 0 bridgehead atoms. The fourth-order valence-corrected chi connectivity index (χ4v) is 0.727. The largest absolute Gasteiger partial charge is 0.502 e.